The lowest BCUT2D eigenvalue weighted by molar-refractivity contribution is -0.138. The number of carboxylic acid groups (broad SMARTS) is 1. The third-order valence-corrected chi connectivity index (χ3v) is 5.22. The number of nitrogens with one attached hydrogen (secondary N) is 2. The first kappa shape index (κ1) is 34.0. The van der Waals surface area contributed by atoms with Crippen LogP contribution < -0.4 is 10.6 Å². The van der Waals surface area contributed by atoms with Crippen molar-refractivity contribution < 1.29 is 41.9 Å². The minimum atomic E-state index is -4.72. The topological polar surface area (TPSA) is 131 Å². The lowest BCUT2D eigenvalue weighted by Crippen LogP contribution is -2.31. The van der Waals surface area contributed by atoms with Gasteiger partial charge in [0.05, 0.1) is 40.3 Å². The Hall–Kier alpha value is -4.19. The molecule has 2 amide bonds. The maximum atomic E-state index is 13.3. The van der Waals surface area contributed by atoms with Gasteiger partial charge in [-0.15, -0.1) is 0 Å². The highest BCUT2D eigenvalue weighted by Crippen LogP contribution is 2.37. The van der Waals surface area contributed by atoms with Crippen molar-refractivity contribution in [2.24, 2.45) is 0 Å². The second-order valence-corrected chi connectivity index (χ2v) is 11.5. The number of aromatic nitrogens is 1. The number of carbonyl (C=O) groups excluding carboxylic acids is 2. The van der Waals surface area contributed by atoms with Crippen molar-refractivity contribution >= 4 is 29.2 Å². The van der Waals surface area contributed by atoms with Crippen LogP contribution in [0, 0.1) is 13.8 Å². The van der Waals surface area contributed by atoms with Gasteiger partial charge in [-0.05, 0) is 79.2 Å². The van der Waals surface area contributed by atoms with Gasteiger partial charge in [-0.3, -0.25) is 14.9 Å². The molecule has 3 aromatic rings. The largest absolute Gasteiger partial charge is 0.465 e. The van der Waals surface area contributed by atoms with Crippen LogP contribution in [0.2, 0.25) is 0 Å². The molecular formula is C30H36F3N3O6. The summed E-state index contributed by atoms with van der Waals surface area (Å²) in [7, 11) is 0. The predicted octanol–water partition coefficient (Wildman–Crippen LogP) is 7.88. The van der Waals surface area contributed by atoms with E-state index < -0.39 is 41.6 Å². The first-order valence-corrected chi connectivity index (χ1v) is 12.9. The van der Waals surface area contributed by atoms with E-state index >= 15 is 0 Å². The van der Waals surface area contributed by atoms with Gasteiger partial charge in [-0.25, -0.2) is 4.79 Å². The van der Waals surface area contributed by atoms with E-state index in [1.54, 1.807) is 25.1 Å². The molecule has 0 atom stereocenters. The summed E-state index contributed by atoms with van der Waals surface area (Å²) in [4.78, 5) is 36.0. The molecule has 0 saturated heterocycles. The number of hydrogen-bond donors (Lipinski definition) is 3. The van der Waals surface area contributed by atoms with E-state index in [2.05, 4.69) is 52.0 Å². The first-order chi connectivity index (χ1) is 19.1. The quantitative estimate of drug-likeness (QED) is 0.196. The second kappa shape index (κ2) is 13.2. The summed E-state index contributed by atoms with van der Waals surface area (Å²) in [6.45, 7) is 15.3. The maximum absolute atomic E-state index is 13.3. The van der Waals surface area contributed by atoms with Gasteiger partial charge in [0.25, 0.3) is 0 Å². The molecule has 0 saturated carbocycles. The van der Waals surface area contributed by atoms with Crippen molar-refractivity contribution in [1.29, 1.82) is 0 Å². The van der Waals surface area contributed by atoms with Crippen LogP contribution in [-0.2, 0) is 15.7 Å². The summed E-state index contributed by atoms with van der Waals surface area (Å²) in [5, 5.41) is 16.9. The Bertz CT molecular complexity index is 1420. The van der Waals surface area contributed by atoms with E-state index in [4.69, 9.17) is 14.4 Å². The summed E-state index contributed by atoms with van der Waals surface area (Å²) in [5.74, 6) is -1.08. The van der Waals surface area contributed by atoms with Crippen LogP contribution in [0.4, 0.5) is 29.3 Å². The van der Waals surface area contributed by atoms with Crippen LogP contribution in [0.1, 0.15) is 75.1 Å². The number of nitrogens with zero attached hydrogens (tertiary/aromatic N) is 1. The number of carbonyl (C=O) groups is 3. The number of aryl methyl sites for hydroxylation is 2. The maximum Gasteiger partial charge on any atom is 0.416 e. The van der Waals surface area contributed by atoms with Gasteiger partial charge in [0.2, 0.25) is 5.91 Å². The molecule has 1 heterocycles. The highest BCUT2D eigenvalue weighted by molar-refractivity contribution is 6.12. The smallest absolute Gasteiger partial charge is 0.416 e. The molecule has 0 fully saturated rings. The average molecular weight is 592 g/mol. The Kier molecular flexibility index (Phi) is 10.7. The van der Waals surface area contributed by atoms with Crippen LogP contribution in [0.5, 0.6) is 0 Å². The number of ketones is 1. The third kappa shape index (κ3) is 11.0. The summed E-state index contributed by atoms with van der Waals surface area (Å²) in [6, 6.07) is 9.50. The minimum absolute atomic E-state index is 0.0156. The number of ether oxygens (including phenoxy) is 1. The minimum Gasteiger partial charge on any atom is -0.465 e. The lowest BCUT2D eigenvalue weighted by atomic mass is 10.0. The molecule has 9 nitrogen and oxygen atoms in total. The van der Waals surface area contributed by atoms with Gasteiger partial charge in [-0.1, -0.05) is 23.4 Å². The van der Waals surface area contributed by atoms with Gasteiger partial charge >= 0.3 is 12.3 Å². The summed E-state index contributed by atoms with van der Waals surface area (Å²) >= 11 is 0. The van der Waals surface area contributed by atoms with Gasteiger partial charge in [0, 0.05) is 17.2 Å². The number of Topliss-reactive ketones (excluding diaryl/α,β-unsaturated/α-hetero) is 1. The zero-order valence-corrected chi connectivity index (χ0v) is 24.8. The Balaban J connectivity index is 0.000000592. The van der Waals surface area contributed by atoms with Crippen molar-refractivity contribution in [1.82, 2.24) is 5.16 Å². The molecule has 0 aliphatic rings. The number of halogens is 3. The van der Waals surface area contributed by atoms with Crippen LogP contribution in [0.3, 0.4) is 0 Å². The summed E-state index contributed by atoms with van der Waals surface area (Å²) in [6.07, 6.45) is -6.93. The van der Waals surface area contributed by atoms with Gasteiger partial charge in [0.15, 0.2) is 11.5 Å². The number of hydrogen-bond acceptors (Lipinski definition) is 6. The van der Waals surface area contributed by atoms with E-state index in [0.29, 0.717) is 23.1 Å². The summed E-state index contributed by atoms with van der Waals surface area (Å²) in [5.41, 5.74) is -0.603. The number of benzene rings is 2. The fourth-order valence-electron chi connectivity index (χ4n) is 4.04. The number of alkyl halides is 3. The second-order valence-electron chi connectivity index (χ2n) is 11.5. The molecule has 3 N–H and O–H groups in total. The normalized spacial score (nSPS) is 11.8. The highest BCUT2D eigenvalue weighted by Gasteiger charge is 2.33. The molecule has 0 unspecified atom stereocenters. The van der Waals surface area contributed by atoms with E-state index in [1.165, 1.54) is 12.1 Å². The fraction of sp³-hybridized carbons (Fsp3) is 0.400. The Morgan fingerprint density at radius 1 is 0.905 bits per heavy atom. The molecule has 42 heavy (non-hydrogen) atoms. The van der Waals surface area contributed by atoms with Gasteiger partial charge in [-0.2, -0.15) is 13.2 Å². The van der Waals surface area contributed by atoms with Crippen molar-refractivity contribution in [2.45, 2.75) is 79.2 Å². The molecule has 0 bridgehead atoms. The van der Waals surface area contributed by atoms with E-state index in [-0.39, 0.29) is 28.0 Å². The SMILES string of the molecule is CC(C)(C)OC(C)(C)C.Cc1cc(-c2cccc(C(=O)CC(=O)Nc3cc(C(F)(F)F)c(C)cc3NC(=O)O)c2)on1. The Labute approximate surface area is 242 Å². The molecule has 0 radical (unpaired) electrons. The molecule has 0 aliphatic carbocycles. The lowest BCUT2D eigenvalue weighted by Gasteiger charge is -2.30. The fourth-order valence-corrected chi connectivity index (χ4v) is 4.04. The average Bonchev–Trinajstić information content (AvgIpc) is 3.24. The molecule has 0 aliphatic heterocycles. The van der Waals surface area contributed by atoms with Crippen molar-refractivity contribution in [3.8, 4) is 11.3 Å². The summed E-state index contributed by atoms with van der Waals surface area (Å²) < 4.78 is 50.5. The Morgan fingerprint density at radius 2 is 1.50 bits per heavy atom. The van der Waals surface area contributed by atoms with E-state index in [9.17, 15) is 27.6 Å². The van der Waals surface area contributed by atoms with Crippen molar-refractivity contribution in [3.63, 3.8) is 0 Å². The molecule has 12 heteroatoms. The third-order valence-electron chi connectivity index (χ3n) is 5.22. The molecular weight excluding hydrogens is 555 g/mol. The molecule has 228 valence electrons. The van der Waals surface area contributed by atoms with Gasteiger partial charge in [0.1, 0.15) is 0 Å². The Morgan fingerprint density at radius 3 is 1.98 bits per heavy atom. The zero-order valence-electron chi connectivity index (χ0n) is 24.8. The number of amides is 2. The van der Waals surface area contributed by atoms with Gasteiger partial charge < -0.3 is 19.7 Å². The van der Waals surface area contributed by atoms with Crippen LogP contribution in [0.15, 0.2) is 47.0 Å². The van der Waals surface area contributed by atoms with Crippen LogP contribution in [0.25, 0.3) is 11.3 Å². The molecule has 0 spiro atoms. The van der Waals surface area contributed by atoms with Crippen LogP contribution >= 0.6 is 0 Å². The number of anilines is 2. The van der Waals surface area contributed by atoms with E-state index in [0.717, 1.165) is 13.0 Å². The van der Waals surface area contributed by atoms with E-state index in [1.807, 2.05) is 5.32 Å². The predicted molar refractivity (Wildman–Crippen MR) is 153 cm³/mol. The van der Waals surface area contributed by atoms with Crippen molar-refractivity contribution in [2.75, 3.05) is 10.6 Å². The zero-order chi connectivity index (χ0) is 32.0. The molecule has 1 aromatic heterocycles. The highest BCUT2D eigenvalue weighted by atomic mass is 19.4. The van der Waals surface area contributed by atoms with Crippen molar-refractivity contribution in [3.05, 3.63) is 64.8 Å². The standard InChI is InChI=1S/C22H18F3N3O5.C8H18O/c1-11-6-16(27-21(31)32)17(9-15(11)22(23,24)25)26-20(30)10-18(29)13-4-3-5-14(8-13)19-7-12(2)28-33-19;1-7(2,3)9-8(4,5)6/h3-9,27H,10H2,1-2H3,(H,26,30)(H,31,32);1-6H3. The molecule has 2 aromatic carbocycles. The first-order valence-electron chi connectivity index (χ1n) is 12.9. The van der Waals surface area contributed by atoms with Crippen LogP contribution in [-0.4, -0.2) is 39.2 Å². The number of rotatable bonds is 6. The monoisotopic (exact) mass is 591 g/mol. The molecule has 3 rings (SSSR count).